The van der Waals surface area contributed by atoms with Crippen molar-refractivity contribution in [2.45, 2.75) is 13.5 Å². The average molecular weight is 334 g/mol. The first-order valence-corrected chi connectivity index (χ1v) is 6.37. The molecule has 0 saturated heterocycles. The third-order valence-electron chi connectivity index (χ3n) is 2.67. The number of hydrogen-bond donors (Lipinski definition) is 1. The first-order chi connectivity index (χ1) is 11.4. The van der Waals surface area contributed by atoms with Gasteiger partial charge in [-0.3, -0.25) is 14.9 Å². The lowest BCUT2D eigenvalue weighted by Gasteiger charge is -2.02. The number of nitro benzene ring substituents is 1. The van der Waals surface area contributed by atoms with Crippen LogP contribution in [0, 0.1) is 20.2 Å². The predicted molar refractivity (Wildman–Crippen MR) is 78.1 cm³/mol. The molecule has 2 aromatic rings. The monoisotopic (exact) mass is 334 g/mol. The summed E-state index contributed by atoms with van der Waals surface area (Å²) in [5, 5.41) is 35.2. The Hall–Kier alpha value is -3.77. The van der Waals surface area contributed by atoms with E-state index in [4.69, 9.17) is 0 Å². The summed E-state index contributed by atoms with van der Waals surface area (Å²) in [6, 6.07) is 5.41. The van der Waals surface area contributed by atoms with Crippen molar-refractivity contribution < 1.29 is 14.6 Å². The van der Waals surface area contributed by atoms with Gasteiger partial charge >= 0.3 is 5.95 Å². The minimum absolute atomic E-state index is 0.0575. The SMILES string of the molecule is CC(Cn1nnc([N+](=O)[O-])n1)=NNC(=O)c1ccccc1[N+](=O)[O-]. The molecule has 1 aromatic heterocycles. The maximum Gasteiger partial charge on any atom is 0.514 e. The van der Waals surface area contributed by atoms with E-state index in [1.54, 1.807) is 0 Å². The highest BCUT2D eigenvalue weighted by Gasteiger charge is 2.19. The van der Waals surface area contributed by atoms with Crippen LogP contribution in [0.5, 0.6) is 0 Å². The summed E-state index contributed by atoms with van der Waals surface area (Å²) in [6.45, 7) is 1.45. The van der Waals surface area contributed by atoms with Gasteiger partial charge in [-0.05, 0) is 17.9 Å². The summed E-state index contributed by atoms with van der Waals surface area (Å²) in [6.07, 6.45) is 0. The lowest BCUT2D eigenvalue weighted by atomic mass is 10.2. The van der Waals surface area contributed by atoms with Gasteiger partial charge in [0.05, 0.1) is 20.8 Å². The largest absolute Gasteiger partial charge is 0.514 e. The van der Waals surface area contributed by atoms with Crippen LogP contribution >= 0.6 is 0 Å². The number of carbonyl (C=O) groups is 1. The molecule has 13 heteroatoms. The van der Waals surface area contributed by atoms with E-state index in [-0.39, 0.29) is 17.8 Å². The van der Waals surface area contributed by atoms with E-state index in [2.05, 4.69) is 25.9 Å². The number of nitro groups is 2. The van der Waals surface area contributed by atoms with Gasteiger partial charge in [0.15, 0.2) is 0 Å². The summed E-state index contributed by atoms with van der Waals surface area (Å²) in [4.78, 5) is 32.7. The molecular formula is C11H10N8O5. The van der Waals surface area contributed by atoms with E-state index in [0.29, 0.717) is 5.71 Å². The normalized spacial score (nSPS) is 11.1. The molecule has 1 aromatic carbocycles. The van der Waals surface area contributed by atoms with Gasteiger partial charge in [0.2, 0.25) is 0 Å². The summed E-state index contributed by atoms with van der Waals surface area (Å²) in [7, 11) is 0. The number of hydrogen-bond acceptors (Lipinski definition) is 9. The van der Waals surface area contributed by atoms with E-state index in [0.717, 1.165) is 4.80 Å². The molecule has 0 aliphatic heterocycles. The highest BCUT2D eigenvalue weighted by molar-refractivity contribution is 5.98. The van der Waals surface area contributed by atoms with Gasteiger partial charge in [0, 0.05) is 11.3 Å². The van der Waals surface area contributed by atoms with Crippen LogP contribution in [0.4, 0.5) is 11.6 Å². The second-order valence-corrected chi connectivity index (χ2v) is 4.44. The molecule has 0 aliphatic rings. The maximum atomic E-state index is 12.0. The van der Waals surface area contributed by atoms with Crippen molar-refractivity contribution in [3.8, 4) is 0 Å². The van der Waals surface area contributed by atoms with E-state index in [1.165, 1.54) is 31.2 Å². The Morgan fingerprint density at radius 1 is 1.29 bits per heavy atom. The van der Waals surface area contributed by atoms with Crippen molar-refractivity contribution in [3.05, 3.63) is 50.1 Å². The van der Waals surface area contributed by atoms with Gasteiger partial charge in [-0.1, -0.05) is 16.9 Å². The van der Waals surface area contributed by atoms with Crippen molar-refractivity contribution in [2.24, 2.45) is 5.10 Å². The van der Waals surface area contributed by atoms with Gasteiger partial charge in [0.25, 0.3) is 11.6 Å². The molecule has 1 heterocycles. The number of tetrazole rings is 1. The van der Waals surface area contributed by atoms with Crippen LogP contribution in [0.25, 0.3) is 0 Å². The van der Waals surface area contributed by atoms with Crippen LogP contribution < -0.4 is 5.43 Å². The number of aromatic nitrogens is 4. The first kappa shape index (κ1) is 16.6. The van der Waals surface area contributed by atoms with Gasteiger partial charge in [0.1, 0.15) is 12.1 Å². The number of carbonyl (C=O) groups excluding carboxylic acids is 1. The number of nitrogens with zero attached hydrogens (tertiary/aromatic N) is 7. The maximum absolute atomic E-state index is 12.0. The highest BCUT2D eigenvalue weighted by atomic mass is 16.6. The van der Waals surface area contributed by atoms with Crippen LogP contribution in [0.1, 0.15) is 17.3 Å². The zero-order valence-corrected chi connectivity index (χ0v) is 12.2. The van der Waals surface area contributed by atoms with Crippen molar-refractivity contribution >= 4 is 23.3 Å². The number of para-hydroxylation sites is 1. The van der Waals surface area contributed by atoms with Crippen LogP contribution in [-0.2, 0) is 6.54 Å². The third-order valence-corrected chi connectivity index (χ3v) is 2.67. The quantitative estimate of drug-likeness (QED) is 0.446. The van der Waals surface area contributed by atoms with Crippen molar-refractivity contribution in [1.82, 2.24) is 25.6 Å². The fourth-order valence-electron chi connectivity index (χ4n) is 1.65. The molecule has 0 fully saturated rings. The Bertz CT molecular complexity index is 829. The molecule has 0 radical (unpaired) electrons. The number of benzene rings is 1. The van der Waals surface area contributed by atoms with Crippen LogP contribution in [-0.4, -0.2) is 41.7 Å². The van der Waals surface area contributed by atoms with E-state index >= 15 is 0 Å². The molecule has 0 unspecified atom stereocenters. The molecule has 0 aliphatic carbocycles. The molecular weight excluding hydrogens is 324 g/mol. The second-order valence-electron chi connectivity index (χ2n) is 4.44. The summed E-state index contributed by atoms with van der Waals surface area (Å²) in [5.41, 5.74) is 1.97. The van der Waals surface area contributed by atoms with Crippen LogP contribution in [0.2, 0.25) is 0 Å². The van der Waals surface area contributed by atoms with Crippen molar-refractivity contribution in [2.75, 3.05) is 0 Å². The van der Waals surface area contributed by atoms with Crippen molar-refractivity contribution in [3.63, 3.8) is 0 Å². The Morgan fingerprint density at radius 3 is 2.62 bits per heavy atom. The van der Waals surface area contributed by atoms with Gasteiger partial charge < -0.3 is 10.1 Å². The molecule has 0 atom stereocenters. The summed E-state index contributed by atoms with van der Waals surface area (Å²) in [5.74, 6) is -1.43. The first-order valence-electron chi connectivity index (χ1n) is 6.37. The lowest BCUT2D eigenvalue weighted by molar-refractivity contribution is -0.394. The molecule has 0 saturated carbocycles. The van der Waals surface area contributed by atoms with Gasteiger partial charge in [-0.25, -0.2) is 5.43 Å². The number of amides is 1. The molecule has 0 spiro atoms. The number of rotatable bonds is 6. The minimum Gasteiger partial charge on any atom is -0.390 e. The van der Waals surface area contributed by atoms with E-state index < -0.39 is 21.7 Å². The number of nitrogens with one attached hydrogen (secondary N) is 1. The Kier molecular flexibility index (Phi) is 4.84. The third kappa shape index (κ3) is 3.90. The smallest absolute Gasteiger partial charge is 0.390 e. The Morgan fingerprint density at radius 2 is 2.00 bits per heavy atom. The van der Waals surface area contributed by atoms with E-state index in [1.807, 2.05) is 0 Å². The molecule has 0 bridgehead atoms. The fraction of sp³-hybridized carbons (Fsp3) is 0.182. The average Bonchev–Trinajstić information content (AvgIpc) is 3.01. The van der Waals surface area contributed by atoms with Crippen molar-refractivity contribution in [1.29, 1.82) is 0 Å². The lowest BCUT2D eigenvalue weighted by Crippen LogP contribution is -2.22. The molecule has 1 amide bonds. The fourth-order valence-corrected chi connectivity index (χ4v) is 1.65. The predicted octanol–water partition coefficient (Wildman–Crippen LogP) is 0.295. The van der Waals surface area contributed by atoms with E-state index in [9.17, 15) is 25.0 Å². The molecule has 24 heavy (non-hydrogen) atoms. The molecule has 1 N–H and O–H groups in total. The minimum atomic E-state index is -0.799. The van der Waals surface area contributed by atoms with Gasteiger partial charge in [-0.15, -0.1) is 0 Å². The van der Waals surface area contributed by atoms with Crippen LogP contribution in [0.3, 0.4) is 0 Å². The van der Waals surface area contributed by atoms with Gasteiger partial charge in [-0.2, -0.15) is 5.10 Å². The molecule has 13 nitrogen and oxygen atoms in total. The second kappa shape index (κ2) is 6.99. The molecule has 124 valence electrons. The Balaban J connectivity index is 2.05. The number of hydrazone groups is 1. The standard InChI is InChI=1S/C11H10N8O5/c1-7(6-17-15-11(14-16-17)19(23)24)12-13-10(20)8-4-2-3-5-9(8)18(21)22/h2-5H,6H2,1H3,(H,13,20). The van der Waals surface area contributed by atoms with Crippen LogP contribution in [0.15, 0.2) is 29.4 Å². The topological polar surface area (TPSA) is 171 Å². The zero-order valence-electron chi connectivity index (χ0n) is 12.2. The Labute approximate surface area is 133 Å². The zero-order chi connectivity index (χ0) is 17.7. The highest BCUT2D eigenvalue weighted by Crippen LogP contribution is 2.17. The summed E-state index contributed by atoms with van der Waals surface area (Å²) < 4.78 is 0. The molecule has 2 rings (SSSR count). The summed E-state index contributed by atoms with van der Waals surface area (Å²) >= 11 is 0.